The lowest BCUT2D eigenvalue weighted by atomic mass is 9.99. The van der Waals surface area contributed by atoms with Crippen molar-refractivity contribution in [2.24, 2.45) is 5.92 Å². The summed E-state index contributed by atoms with van der Waals surface area (Å²) in [5.74, 6) is 0.517. The Morgan fingerprint density at radius 1 is 1.14 bits per heavy atom. The predicted octanol–water partition coefficient (Wildman–Crippen LogP) is 2.51. The molecule has 0 bridgehead atoms. The predicted molar refractivity (Wildman–Crippen MR) is 82.6 cm³/mol. The zero-order chi connectivity index (χ0) is 15.4. The fourth-order valence-corrected chi connectivity index (χ4v) is 2.64. The van der Waals surface area contributed by atoms with E-state index in [2.05, 4.69) is 19.2 Å². The van der Waals surface area contributed by atoms with Gasteiger partial charge in [0.15, 0.2) is 0 Å². The average molecular weight is 288 g/mol. The Bertz CT molecular complexity index is 499. The number of amides is 2. The van der Waals surface area contributed by atoms with Crippen molar-refractivity contribution in [1.82, 2.24) is 10.2 Å². The van der Waals surface area contributed by atoms with E-state index in [9.17, 15) is 9.59 Å². The first-order chi connectivity index (χ1) is 9.99. The molecule has 0 radical (unpaired) electrons. The number of hydrogen-bond donors (Lipinski definition) is 1. The summed E-state index contributed by atoms with van der Waals surface area (Å²) < 4.78 is 0. The number of benzene rings is 1. The summed E-state index contributed by atoms with van der Waals surface area (Å²) in [4.78, 5) is 26.3. The fourth-order valence-electron chi connectivity index (χ4n) is 2.64. The van der Waals surface area contributed by atoms with Crippen molar-refractivity contribution in [3.63, 3.8) is 0 Å². The SMILES string of the molecule is CC(C)CCC(C)N1CC(=O)NC(c2ccccc2)C1=O. The highest BCUT2D eigenvalue weighted by atomic mass is 16.2. The molecule has 2 amide bonds. The second-order valence-electron chi connectivity index (χ2n) is 6.20. The van der Waals surface area contributed by atoms with E-state index in [-0.39, 0.29) is 24.4 Å². The van der Waals surface area contributed by atoms with Gasteiger partial charge in [-0.15, -0.1) is 0 Å². The third kappa shape index (κ3) is 3.84. The molecule has 1 aromatic carbocycles. The van der Waals surface area contributed by atoms with Crippen LogP contribution in [0.25, 0.3) is 0 Å². The second kappa shape index (κ2) is 6.74. The third-order valence-corrected chi connectivity index (χ3v) is 3.98. The van der Waals surface area contributed by atoms with Crippen LogP contribution in [0.3, 0.4) is 0 Å². The van der Waals surface area contributed by atoms with E-state index >= 15 is 0 Å². The summed E-state index contributed by atoms with van der Waals surface area (Å²) in [6.07, 6.45) is 1.99. The summed E-state index contributed by atoms with van der Waals surface area (Å²) >= 11 is 0. The Kier molecular flexibility index (Phi) is 4.99. The minimum absolute atomic E-state index is 0.00273. The van der Waals surface area contributed by atoms with E-state index in [4.69, 9.17) is 0 Å². The lowest BCUT2D eigenvalue weighted by Crippen LogP contribution is -2.56. The summed E-state index contributed by atoms with van der Waals surface area (Å²) in [6.45, 7) is 6.54. The Morgan fingerprint density at radius 2 is 1.81 bits per heavy atom. The molecule has 1 aliphatic heterocycles. The van der Waals surface area contributed by atoms with Gasteiger partial charge in [-0.3, -0.25) is 9.59 Å². The smallest absolute Gasteiger partial charge is 0.250 e. The van der Waals surface area contributed by atoms with Gasteiger partial charge in [-0.2, -0.15) is 0 Å². The normalized spacial score (nSPS) is 20.6. The molecule has 4 heteroatoms. The maximum absolute atomic E-state index is 12.7. The molecule has 114 valence electrons. The summed E-state index contributed by atoms with van der Waals surface area (Å²) in [5, 5.41) is 2.80. The van der Waals surface area contributed by atoms with Crippen LogP contribution in [0.4, 0.5) is 0 Å². The van der Waals surface area contributed by atoms with E-state index in [1.807, 2.05) is 37.3 Å². The largest absolute Gasteiger partial charge is 0.339 e. The number of carbonyl (C=O) groups excluding carboxylic acids is 2. The third-order valence-electron chi connectivity index (χ3n) is 3.98. The highest BCUT2D eigenvalue weighted by Gasteiger charge is 2.35. The lowest BCUT2D eigenvalue weighted by Gasteiger charge is -2.37. The second-order valence-corrected chi connectivity index (χ2v) is 6.20. The van der Waals surface area contributed by atoms with Crippen molar-refractivity contribution in [3.8, 4) is 0 Å². The highest BCUT2D eigenvalue weighted by Crippen LogP contribution is 2.22. The zero-order valence-electron chi connectivity index (χ0n) is 13.0. The van der Waals surface area contributed by atoms with Crippen molar-refractivity contribution < 1.29 is 9.59 Å². The van der Waals surface area contributed by atoms with E-state index in [0.29, 0.717) is 5.92 Å². The molecule has 1 saturated heterocycles. The van der Waals surface area contributed by atoms with Crippen molar-refractivity contribution in [2.45, 2.75) is 45.7 Å². The maximum Gasteiger partial charge on any atom is 0.250 e. The molecule has 1 N–H and O–H groups in total. The Hall–Kier alpha value is -1.84. The first-order valence-electron chi connectivity index (χ1n) is 7.64. The summed E-state index contributed by atoms with van der Waals surface area (Å²) in [5.41, 5.74) is 0.844. The minimum atomic E-state index is -0.547. The van der Waals surface area contributed by atoms with Gasteiger partial charge in [-0.05, 0) is 31.2 Å². The summed E-state index contributed by atoms with van der Waals surface area (Å²) in [6, 6.07) is 8.98. The molecule has 0 saturated carbocycles. The molecule has 1 aliphatic rings. The molecule has 2 rings (SSSR count). The van der Waals surface area contributed by atoms with Crippen LogP contribution in [0.2, 0.25) is 0 Å². The van der Waals surface area contributed by atoms with Gasteiger partial charge >= 0.3 is 0 Å². The highest BCUT2D eigenvalue weighted by molar-refractivity contribution is 5.95. The number of piperazine rings is 1. The van der Waals surface area contributed by atoms with E-state index in [1.54, 1.807) is 4.90 Å². The molecule has 1 heterocycles. The van der Waals surface area contributed by atoms with Crippen LogP contribution < -0.4 is 5.32 Å². The quantitative estimate of drug-likeness (QED) is 0.905. The zero-order valence-corrected chi connectivity index (χ0v) is 13.0. The van der Waals surface area contributed by atoms with Crippen LogP contribution in [0, 0.1) is 5.92 Å². The Labute approximate surface area is 126 Å². The van der Waals surface area contributed by atoms with Gasteiger partial charge in [0.05, 0.1) is 6.54 Å². The molecule has 0 aromatic heterocycles. The number of nitrogens with zero attached hydrogens (tertiary/aromatic N) is 1. The van der Waals surface area contributed by atoms with E-state index < -0.39 is 6.04 Å². The fraction of sp³-hybridized carbons (Fsp3) is 0.529. The monoisotopic (exact) mass is 288 g/mol. The van der Waals surface area contributed by atoms with Crippen LogP contribution in [-0.2, 0) is 9.59 Å². The van der Waals surface area contributed by atoms with Gasteiger partial charge in [0.2, 0.25) is 5.91 Å². The first kappa shape index (κ1) is 15.5. The van der Waals surface area contributed by atoms with Crippen LogP contribution in [0.15, 0.2) is 30.3 Å². The van der Waals surface area contributed by atoms with Crippen LogP contribution in [0.5, 0.6) is 0 Å². The van der Waals surface area contributed by atoms with Crippen molar-refractivity contribution in [1.29, 1.82) is 0 Å². The maximum atomic E-state index is 12.7. The first-order valence-corrected chi connectivity index (χ1v) is 7.64. The van der Waals surface area contributed by atoms with E-state index in [1.165, 1.54) is 0 Å². The molecule has 4 nitrogen and oxygen atoms in total. The van der Waals surface area contributed by atoms with Gasteiger partial charge in [0.25, 0.3) is 5.91 Å². The number of rotatable bonds is 5. The molecule has 21 heavy (non-hydrogen) atoms. The molecule has 0 aliphatic carbocycles. The number of hydrogen-bond acceptors (Lipinski definition) is 2. The van der Waals surface area contributed by atoms with Gasteiger partial charge < -0.3 is 10.2 Å². The average Bonchev–Trinajstić information content (AvgIpc) is 2.47. The van der Waals surface area contributed by atoms with Crippen LogP contribution >= 0.6 is 0 Å². The molecule has 2 atom stereocenters. The van der Waals surface area contributed by atoms with Gasteiger partial charge in [-0.1, -0.05) is 44.2 Å². The van der Waals surface area contributed by atoms with Crippen molar-refractivity contribution >= 4 is 11.8 Å². The van der Waals surface area contributed by atoms with Crippen molar-refractivity contribution in [3.05, 3.63) is 35.9 Å². The topological polar surface area (TPSA) is 49.4 Å². The Balaban J connectivity index is 2.12. The summed E-state index contributed by atoms with van der Waals surface area (Å²) in [7, 11) is 0. The van der Waals surface area contributed by atoms with Crippen LogP contribution in [-0.4, -0.2) is 29.3 Å². The van der Waals surface area contributed by atoms with E-state index in [0.717, 1.165) is 18.4 Å². The Morgan fingerprint density at radius 3 is 2.43 bits per heavy atom. The molecule has 1 aromatic rings. The standard InChI is InChI=1S/C17H24N2O2/c1-12(2)9-10-13(3)19-11-15(20)18-16(17(19)21)14-7-5-4-6-8-14/h4-8,12-13,16H,9-11H2,1-3H3,(H,18,20). The van der Waals surface area contributed by atoms with Gasteiger partial charge in [-0.25, -0.2) is 0 Å². The van der Waals surface area contributed by atoms with Gasteiger partial charge in [0, 0.05) is 6.04 Å². The van der Waals surface area contributed by atoms with Crippen LogP contribution in [0.1, 0.15) is 45.2 Å². The molecule has 0 spiro atoms. The number of carbonyl (C=O) groups is 2. The molecular weight excluding hydrogens is 264 g/mol. The molecular formula is C17H24N2O2. The minimum Gasteiger partial charge on any atom is -0.339 e. The molecule has 2 unspecified atom stereocenters. The number of nitrogens with one attached hydrogen (secondary N) is 1. The van der Waals surface area contributed by atoms with Crippen molar-refractivity contribution in [2.75, 3.05) is 6.54 Å². The lowest BCUT2D eigenvalue weighted by molar-refractivity contribution is -0.146. The van der Waals surface area contributed by atoms with Gasteiger partial charge in [0.1, 0.15) is 6.04 Å². The molecule has 1 fully saturated rings.